The summed E-state index contributed by atoms with van der Waals surface area (Å²) in [5.41, 5.74) is 5.91. The Hall–Kier alpha value is -1.92. The van der Waals surface area contributed by atoms with E-state index >= 15 is 0 Å². The first kappa shape index (κ1) is 18.4. The number of nitrogens with one attached hydrogen (secondary N) is 1. The second-order valence-electron chi connectivity index (χ2n) is 6.38. The summed E-state index contributed by atoms with van der Waals surface area (Å²) in [4.78, 5) is 24.0. The fraction of sp³-hybridized carbons (Fsp3) is 0.556. The number of nitrogens with two attached hydrogens (primary N) is 1. The molecule has 132 valence electrons. The Balaban J connectivity index is 1.75. The predicted octanol–water partition coefficient (Wildman–Crippen LogP) is 1.24. The Morgan fingerprint density at radius 2 is 1.96 bits per heavy atom. The van der Waals surface area contributed by atoms with Crippen molar-refractivity contribution in [2.24, 2.45) is 17.1 Å². The van der Waals surface area contributed by atoms with Crippen LogP contribution in [-0.4, -0.2) is 38.2 Å². The van der Waals surface area contributed by atoms with Crippen molar-refractivity contribution >= 4 is 11.8 Å². The summed E-state index contributed by atoms with van der Waals surface area (Å²) in [6, 6.07) is 9.81. The average Bonchev–Trinajstić information content (AvgIpc) is 2.61. The van der Waals surface area contributed by atoms with Crippen molar-refractivity contribution in [2.75, 3.05) is 26.4 Å². The van der Waals surface area contributed by atoms with Crippen LogP contribution in [0.2, 0.25) is 0 Å². The third-order valence-corrected chi connectivity index (χ3v) is 4.50. The zero-order valence-corrected chi connectivity index (χ0v) is 14.1. The van der Waals surface area contributed by atoms with Crippen LogP contribution in [0.15, 0.2) is 30.3 Å². The summed E-state index contributed by atoms with van der Waals surface area (Å²) in [6.45, 7) is 3.85. The summed E-state index contributed by atoms with van der Waals surface area (Å²) < 4.78 is 10.9. The van der Waals surface area contributed by atoms with E-state index in [1.165, 1.54) is 0 Å². The molecule has 1 atom stereocenters. The van der Waals surface area contributed by atoms with Crippen molar-refractivity contribution in [3.05, 3.63) is 35.9 Å². The van der Waals surface area contributed by atoms with Crippen molar-refractivity contribution in [1.29, 1.82) is 0 Å². The summed E-state index contributed by atoms with van der Waals surface area (Å²) in [5.74, 6) is -0.798. The maximum absolute atomic E-state index is 12.2. The molecule has 0 aromatic heterocycles. The maximum atomic E-state index is 12.2. The number of primary amides is 1. The molecule has 0 spiro atoms. The first-order valence-corrected chi connectivity index (χ1v) is 8.30. The maximum Gasteiger partial charge on any atom is 0.225 e. The molecule has 1 aliphatic heterocycles. The van der Waals surface area contributed by atoms with Crippen molar-refractivity contribution < 1.29 is 19.1 Å². The van der Waals surface area contributed by atoms with Gasteiger partial charge in [-0.05, 0) is 18.4 Å². The van der Waals surface area contributed by atoms with Gasteiger partial charge >= 0.3 is 0 Å². The van der Waals surface area contributed by atoms with Crippen LogP contribution in [0.1, 0.15) is 25.3 Å². The molecule has 1 unspecified atom stereocenters. The highest BCUT2D eigenvalue weighted by Crippen LogP contribution is 2.29. The Labute approximate surface area is 142 Å². The second-order valence-corrected chi connectivity index (χ2v) is 6.38. The minimum Gasteiger partial charge on any atom is -0.381 e. The minimum atomic E-state index is -0.696. The molecule has 1 aromatic carbocycles. The number of carbonyl (C=O) groups is 2. The number of hydrogen-bond donors (Lipinski definition) is 2. The zero-order chi connectivity index (χ0) is 17.4. The van der Waals surface area contributed by atoms with Gasteiger partial charge < -0.3 is 20.5 Å². The fourth-order valence-corrected chi connectivity index (χ4v) is 2.71. The van der Waals surface area contributed by atoms with Crippen LogP contribution in [0.5, 0.6) is 0 Å². The minimum absolute atomic E-state index is 0.129. The molecule has 0 radical (unpaired) electrons. The molecule has 1 aromatic rings. The molecule has 24 heavy (non-hydrogen) atoms. The van der Waals surface area contributed by atoms with E-state index < -0.39 is 5.41 Å². The van der Waals surface area contributed by atoms with Gasteiger partial charge in [0.15, 0.2) is 0 Å². The largest absolute Gasteiger partial charge is 0.381 e. The van der Waals surface area contributed by atoms with Crippen LogP contribution in [0.25, 0.3) is 0 Å². The molecular weight excluding hydrogens is 308 g/mol. The molecule has 6 nitrogen and oxygen atoms in total. The molecular formula is C18H26N2O4. The lowest BCUT2D eigenvalue weighted by molar-refractivity contribution is -0.134. The molecule has 0 aliphatic carbocycles. The van der Waals surface area contributed by atoms with Gasteiger partial charge in [-0.3, -0.25) is 9.59 Å². The van der Waals surface area contributed by atoms with Crippen LogP contribution < -0.4 is 11.1 Å². The van der Waals surface area contributed by atoms with Crippen molar-refractivity contribution in [2.45, 2.75) is 26.4 Å². The second kappa shape index (κ2) is 8.80. The number of rotatable bonds is 8. The summed E-state index contributed by atoms with van der Waals surface area (Å²) >= 11 is 0. The van der Waals surface area contributed by atoms with Gasteiger partial charge in [-0.25, -0.2) is 0 Å². The quantitative estimate of drug-likeness (QED) is 0.748. The van der Waals surface area contributed by atoms with Gasteiger partial charge in [-0.15, -0.1) is 0 Å². The third kappa shape index (κ3) is 5.04. The first-order chi connectivity index (χ1) is 11.5. The highest BCUT2D eigenvalue weighted by molar-refractivity contribution is 5.83. The Kier molecular flexibility index (Phi) is 6.75. The van der Waals surface area contributed by atoms with E-state index in [0.29, 0.717) is 39.3 Å². The van der Waals surface area contributed by atoms with E-state index in [4.69, 9.17) is 15.2 Å². The number of amides is 2. The topological polar surface area (TPSA) is 90.6 Å². The van der Waals surface area contributed by atoms with Gasteiger partial charge in [0.1, 0.15) is 0 Å². The molecule has 1 fully saturated rings. The van der Waals surface area contributed by atoms with Gasteiger partial charge in [0.25, 0.3) is 0 Å². The van der Waals surface area contributed by atoms with Gasteiger partial charge in [-0.2, -0.15) is 0 Å². The molecule has 2 rings (SSSR count). The van der Waals surface area contributed by atoms with Crippen LogP contribution in [0, 0.1) is 11.3 Å². The molecule has 1 aliphatic rings. The van der Waals surface area contributed by atoms with Gasteiger partial charge in [0.2, 0.25) is 11.8 Å². The molecule has 3 N–H and O–H groups in total. The summed E-state index contributed by atoms with van der Waals surface area (Å²) in [6.07, 6.45) is 1.09. The van der Waals surface area contributed by atoms with E-state index in [0.717, 1.165) is 5.56 Å². The standard InChI is InChI=1S/C18H26N2O4/c1-14(11-24-12-15-5-3-2-4-6-15)16(21)20-13-18(17(19)22)7-9-23-10-8-18/h2-6,14H,7-13H2,1H3,(H2,19,22)(H,20,21). The molecule has 0 bridgehead atoms. The Morgan fingerprint density at radius 1 is 1.29 bits per heavy atom. The van der Waals surface area contributed by atoms with Gasteiger partial charge in [-0.1, -0.05) is 37.3 Å². The summed E-state index contributed by atoms with van der Waals surface area (Å²) in [5, 5.41) is 2.85. The molecule has 0 saturated carbocycles. The first-order valence-electron chi connectivity index (χ1n) is 8.30. The van der Waals surface area contributed by atoms with Crippen LogP contribution >= 0.6 is 0 Å². The average molecular weight is 334 g/mol. The van der Waals surface area contributed by atoms with E-state index in [2.05, 4.69) is 5.32 Å². The zero-order valence-electron chi connectivity index (χ0n) is 14.1. The Morgan fingerprint density at radius 3 is 2.58 bits per heavy atom. The molecule has 1 saturated heterocycles. The molecule has 2 amide bonds. The SMILES string of the molecule is CC(COCc1ccccc1)C(=O)NCC1(C(N)=O)CCOCC1. The summed E-state index contributed by atoms with van der Waals surface area (Å²) in [7, 11) is 0. The van der Waals surface area contributed by atoms with Crippen LogP contribution in [-0.2, 0) is 25.7 Å². The van der Waals surface area contributed by atoms with Crippen molar-refractivity contribution in [1.82, 2.24) is 5.32 Å². The monoisotopic (exact) mass is 334 g/mol. The molecule has 6 heteroatoms. The lowest BCUT2D eigenvalue weighted by Gasteiger charge is -2.34. The highest BCUT2D eigenvalue weighted by atomic mass is 16.5. The lowest BCUT2D eigenvalue weighted by atomic mass is 9.79. The van der Waals surface area contributed by atoms with E-state index in [9.17, 15) is 9.59 Å². The highest BCUT2D eigenvalue weighted by Gasteiger charge is 2.38. The van der Waals surface area contributed by atoms with Gasteiger partial charge in [0, 0.05) is 19.8 Å². The normalized spacial score (nSPS) is 17.9. The lowest BCUT2D eigenvalue weighted by Crippen LogP contribution is -2.50. The fourth-order valence-electron chi connectivity index (χ4n) is 2.71. The van der Waals surface area contributed by atoms with Crippen molar-refractivity contribution in [3.8, 4) is 0 Å². The van der Waals surface area contributed by atoms with Crippen LogP contribution in [0.4, 0.5) is 0 Å². The smallest absolute Gasteiger partial charge is 0.225 e. The number of hydrogen-bond acceptors (Lipinski definition) is 4. The van der Waals surface area contributed by atoms with Crippen molar-refractivity contribution in [3.63, 3.8) is 0 Å². The van der Waals surface area contributed by atoms with Gasteiger partial charge in [0.05, 0.1) is 24.5 Å². The van der Waals surface area contributed by atoms with Crippen LogP contribution in [0.3, 0.4) is 0 Å². The molecule has 1 heterocycles. The van der Waals surface area contributed by atoms with E-state index in [-0.39, 0.29) is 24.3 Å². The number of benzene rings is 1. The number of carbonyl (C=O) groups excluding carboxylic acids is 2. The number of ether oxygens (including phenoxy) is 2. The van der Waals surface area contributed by atoms with E-state index in [1.807, 2.05) is 30.3 Å². The van der Waals surface area contributed by atoms with E-state index in [1.54, 1.807) is 6.92 Å². The predicted molar refractivity (Wildman–Crippen MR) is 90.0 cm³/mol. The third-order valence-electron chi connectivity index (χ3n) is 4.50. The Bertz CT molecular complexity index is 541.